The number of anilines is 1. The normalized spacial score (nSPS) is 32.4. The molecule has 2 aliphatic rings. The molecule has 4 heterocycles. The molecule has 0 radical (unpaired) electrons. The predicted octanol–water partition coefficient (Wildman–Crippen LogP) is 2.82. The highest BCUT2D eigenvalue weighted by Crippen LogP contribution is 2.53. The van der Waals surface area contributed by atoms with Gasteiger partial charge in [-0.05, 0) is 37.1 Å². The van der Waals surface area contributed by atoms with E-state index in [9.17, 15) is 5.11 Å². The molecular formula is C15H19N3OS. The molecular weight excluding hydrogens is 270 g/mol. The van der Waals surface area contributed by atoms with E-state index in [0.717, 1.165) is 24.2 Å². The van der Waals surface area contributed by atoms with E-state index in [1.807, 2.05) is 0 Å². The Morgan fingerprint density at radius 1 is 1.45 bits per heavy atom. The summed E-state index contributed by atoms with van der Waals surface area (Å²) in [4.78, 5) is 11.4. The van der Waals surface area contributed by atoms with Crippen LogP contribution in [-0.4, -0.2) is 33.8 Å². The van der Waals surface area contributed by atoms with Crippen molar-refractivity contribution < 1.29 is 5.11 Å². The smallest absolute Gasteiger partial charge is 0.150 e. The molecule has 20 heavy (non-hydrogen) atoms. The van der Waals surface area contributed by atoms with Crippen LogP contribution in [0.1, 0.15) is 32.6 Å². The molecule has 1 N–H and O–H groups in total. The van der Waals surface area contributed by atoms with Crippen molar-refractivity contribution in [2.75, 3.05) is 11.5 Å². The van der Waals surface area contributed by atoms with Crippen LogP contribution in [0.3, 0.4) is 0 Å². The number of hydrogen-bond acceptors (Lipinski definition) is 5. The minimum absolute atomic E-state index is 0.0669. The molecule has 4 nitrogen and oxygen atoms in total. The van der Waals surface area contributed by atoms with Crippen LogP contribution in [0.5, 0.6) is 0 Å². The summed E-state index contributed by atoms with van der Waals surface area (Å²) in [5, 5.41) is 12.0. The summed E-state index contributed by atoms with van der Waals surface area (Å²) in [6.07, 6.45) is 6.22. The molecule has 106 valence electrons. The van der Waals surface area contributed by atoms with Gasteiger partial charge in [-0.3, -0.25) is 0 Å². The Morgan fingerprint density at radius 2 is 2.35 bits per heavy atom. The van der Waals surface area contributed by atoms with E-state index in [1.165, 1.54) is 17.5 Å². The number of nitrogens with zero attached hydrogens (tertiary/aromatic N) is 3. The summed E-state index contributed by atoms with van der Waals surface area (Å²) in [6.45, 7) is 2.50. The minimum atomic E-state index is 0.0669. The molecule has 0 aromatic carbocycles. The van der Waals surface area contributed by atoms with Gasteiger partial charge in [-0.1, -0.05) is 6.92 Å². The minimum Gasteiger partial charge on any atom is -0.396 e. The average molecular weight is 289 g/mol. The topological polar surface area (TPSA) is 49.2 Å². The van der Waals surface area contributed by atoms with Crippen molar-refractivity contribution in [3.05, 3.63) is 17.8 Å². The molecule has 2 fully saturated rings. The quantitative estimate of drug-likeness (QED) is 0.944. The summed E-state index contributed by atoms with van der Waals surface area (Å²) in [6, 6.07) is 3.03. The van der Waals surface area contributed by atoms with Gasteiger partial charge in [0.25, 0.3) is 0 Å². The summed E-state index contributed by atoms with van der Waals surface area (Å²) < 4.78 is 1.19. The Kier molecular flexibility index (Phi) is 2.76. The van der Waals surface area contributed by atoms with Gasteiger partial charge in [-0.25, -0.2) is 9.97 Å². The predicted molar refractivity (Wildman–Crippen MR) is 81.1 cm³/mol. The lowest BCUT2D eigenvalue weighted by Gasteiger charge is -2.35. The fraction of sp³-hybridized carbons (Fsp3) is 0.600. The van der Waals surface area contributed by atoms with E-state index in [2.05, 4.69) is 33.2 Å². The molecule has 0 unspecified atom stereocenters. The second kappa shape index (κ2) is 4.40. The molecule has 0 saturated carbocycles. The van der Waals surface area contributed by atoms with E-state index in [-0.39, 0.29) is 5.41 Å². The highest BCUT2D eigenvalue weighted by Gasteiger charge is 2.55. The van der Waals surface area contributed by atoms with Gasteiger partial charge in [0.1, 0.15) is 6.33 Å². The van der Waals surface area contributed by atoms with Crippen LogP contribution in [0, 0.1) is 5.41 Å². The van der Waals surface area contributed by atoms with Gasteiger partial charge in [-0.15, -0.1) is 11.3 Å². The van der Waals surface area contributed by atoms with Crippen LogP contribution in [0.25, 0.3) is 10.2 Å². The molecule has 4 rings (SSSR count). The fourth-order valence-corrected chi connectivity index (χ4v) is 5.07. The lowest BCUT2D eigenvalue weighted by atomic mass is 9.72. The second-order valence-corrected chi connectivity index (χ2v) is 6.98. The SMILES string of the molecule is CC[C@]1(CO)C[C@H]2CC[C@@H]1N2c1ncnc2ccsc12. The van der Waals surface area contributed by atoms with Crippen molar-refractivity contribution in [1.29, 1.82) is 0 Å². The number of rotatable bonds is 3. The summed E-state index contributed by atoms with van der Waals surface area (Å²) >= 11 is 1.72. The molecule has 5 heteroatoms. The Balaban J connectivity index is 1.82. The summed E-state index contributed by atoms with van der Waals surface area (Å²) in [5.41, 5.74) is 1.11. The lowest BCUT2D eigenvalue weighted by Crippen LogP contribution is -2.40. The Bertz CT molecular complexity index is 637. The van der Waals surface area contributed by atoms with Gasteiger partial charge in [0.05, 0.1) is 16.8 Å². The summed E-state index contributed by atoms with van der Waals surface area (Å²) in [7, 11) is 0. The van der Waals surface area contributed by atoms with Crippen LogP contribution in [-0.2, 0) is 0 Å². The Morgan fingerprint density at radius 3 is 3.10 bits per heavy atom. The zero-order valence-electron chi connectivity index (χ0n) is 11.6. The maximum Gasteiger partial charge on any atom is 0.150 e. The van der Waals surface area contributed by atoms with Crippen LogP contribution in [0.15, 0.2) is 17.8 Å². The van der Waals surface area contributed by atoms with Crippen molar-refractivity contribution in [1.82, 2.24) is 9.97 Å². The first-order chi connectivity index (χ1) is 9.79. The standard InChI is InChI=1S/C15H19N3OS/c1-2-15(8-19)7-10-3-4-12(15)18(10)14-13-11(5-6-20-13)16-9-17-14/h5-6,9-10,12,19H,2-4,7-8H2,1H3/t10-,12+,15-/m1/s1. The van der Waals surface area contributed by atoms with E-state index in [4.69, 9.17) is 0 Å². The summed E-state index contributed by atoms with van der Waals surface area (Å²) in [5.74, 6) is 1.08. The Labute approximate surface area is 122 Å². The number of fused-ring (bicyclic) bond motifs is 3. The van der Waals surface area contributed by atoms with Gasteiger partial charge in [0, 0.05) is 17.5 Å². The zero-order valence-corrected chi connectivity index (χ0v) is 12.4. The lowest BCUT2D eigenvalue weighted by molar-refractivity contribution is 0.0944. The maximum atomic E-state index is 9.92. The Hall–Kier alpha value is -1.20. The van der Waals surface area contributed by atoms with Crippen molar-refractivity contribution in [3.8, 4) is 0 Å². The number of thiophene rings is 1. The molecule has 2 aromatic rings. The molecule has 2 saturated heterocycles. The van der Waals surface area contributed by atoms with E-state index >= 15 is 0 Å². The zero-order chi connectivity index (χ0) is 13.7. The molecule has 2 bridgehead atoms. The van der Waals surface area contributed by atoms with Gasteiger partial charge < -0.3 is 10.0 Å². The van der Waals surface area contributed by atoms with Gasteiger partial charge in [0.15, 0.2) is 5.82 Å². The monoisotopic (exact) mass is 289 g/mol. The van der Waals surface area contributed by atoms with Crippen LogP contribution < -0.4 is 4.90 Å². The van der Waals surface area contributed by atoms with Crippen LogP contribution >= 0.6 is 11.3 Å². The first kappa shape index (κ1) is 12.5. The molecule has 0 spiro atoms. The van der Waals surface area contributed by atoms with Crippen LogP contribution in [0.4, 0.5) is 5.82 Å². The molecule has 0 amide bonds. The average Bonchev–Trinajstić information content (AvgIpc) is 3.19. The van der Waals surface area contributed by atoms with E-state index in [1.54, 1.807) is 17.7 Å². The highest BCUT2D eigenvalue weighted by atomic mass is 32.1. The van der Waals surface area contributed by atoms with E-state index in [0.29, 0.717) is 18.7 Å². The first-order valence-electron chi connectivity index (χ1n) is 7.36. The number of aliphatic hydroxyl groups is 1. The third-order valence-corrected chi connectivity index (χ3v) is 6.24. The third kappa shape index (κ3) is 1.50. The largest absolute Gasteiger partial charge is 0.396 e. The van der Waals surface area contributed by atoms with Gasteiger partial charge in [0.2, 0.25) is 0 Å². The number of aliphatic hydroxyl groups excluding tert-OH is 1. The maximum absolute atomic E-state index is 9.92. The van der Waals surface area contributed by atoms with Gasteiger partial charge >= 0.3 is 0 Å². The van der Waals surface area contributed by atoms with E-state index < -0.39 is 0 Å². The van der Waals surface area contributed by atoms with Crippen LogP contribution in [0.2, 0.25) is 0 Å². The molecule has 0 aliphatic carbocycles. The number of hydrogen-bond donors (Lipinski definition) is 1. The fourth-order valence-electron chi connectivity index (χ4n) is 4.23. The van der Waals surface area contributed by atoms with Crippen molar-refractivity contribution in [2.45, 2.75) is 44.7 Å². The van der Waals surface area contributed by atoms with Crippen molar-refractivity contribution >= 4 is 27.4 Å². The first-order valence-corrected chi connectivity index (χ1v) is 8.24. The van der Waals surface area contributed by atoms with Crippen molar-refractivity contribution in [3.63, 3.8) is 0 Å². The molecule has 3 atom stereocenters. The molecule has 2 aromatic heterocycles. The second-order valence-electron chi connectivity index (χ2n) is 6.06. The highest BCUT2D eigenvalue weighted by molar-refractivity contribution is 7.17. The third-order valence-electron chi connectivity index (χ3n) is 5.34. The van der Waals surface area contributed by atoms with Crippen molar-refractivity contribution in [2.24, 2.45) is 5.41 Å². The number of aromatic nitrogens is 2. The van der Waals surface area contributed by atoms with Gasteiger partial charge in [-0.2, -0.15) is 0 Å². The molecule has 2 aliphatic heterocycles.